The second kappa shape index (κ2) is 4.92. The molecule has 0 spiro atoms. The Morgan fingerprint density at radius 3 is 2.86 bits per heavy atom. The largest absolute Gasteiger partial charge is 0.337 e. The molecule has 2 aromatic rings. The number of hydrogen-bond acceptors (Lipinski definition) is 4. The molecule has 0 N–H and O–H groups in total. The molecule has 106 valence electrons. The number of nitro groups is 1. The van der Waals surface area contributed by atoms with Crippen molar-refractivity contribution < 1.29 is 9.72 Å². The monoisotopic (exact) mass is 347 g/mol. The van der Waals surface area contributed by atoms with E-state index in [4.69, 9.17) is 0 Å². The van der Waals surface area contributed by atoms with Gasteiger partial charge in [-0.25, -0.2) is 4.98 Å². The Bertz CT molecular complexity index is 776. The summed E-state index contributed by atoms with van der Waals surface area (Å²) in [6, 6.07) is 6.61. The zero-order chi connectivity index (χ0) is 15.1. The first kappa shape index (κ1) is 13.7. The summed E-state index contributed by atoms with van der Waals surface area (Å²) in [7, 11) is 1.72. The van der Waals surface area contributed by atoms with Gasteiger partial charge in [-0.2, -0.15) is 0 Å². The van der Waals surface area contributed by atoms with Gasteiger partial charge < -0.3 is 4.90 Å². The van der Waals surface area contributed by atoms with Gasteiger partial charge in [0.05, 0.1) is 4.92 Å². The third-order valence-electron chi connectivity index (χ3n) is 3.39. The minimum atomic E-state index is -0.461. The van der Waals surface area contributed by atoms with Gasteiger partial charge in [0.2, 0.25) is 0 Å². The van der Waals surface area contributed by atoms with E-state index in [0.29, 0.717) is 27.8 Å². The van der Waals surface area contributed by atoms with Crippen LogP contribution in [0.4, 0.5) is 5.69 Å². The molecule has 1 aromatic carbocycles. The Morgan fingerprint density at radius 2 is 2.14 bits per heavy atom. The molecular weight excluding hydrogens is 338 g/mol. The van der Waals surface area contributed by atoms with Crippen LogP contribution in [0.5, 0.6) is 0 Å². The Kier molecular flexibility index (Phi) is 3.21. The fraction of sp³-hybridized carbons (Fsp3) is 0.143. The molecule has 0 bridgehead atoms. The Morgan fingerprint density at radius 1 is 1.38 bits per heavy atom. The number of hydrogen-bond donors (Lipinski definition) is 0. The number of carbonyl (C=O) groups excluding carboxylic acids is 1. The molecule has 1 amide bonds. The Balaban J connectivity index is 2.13. The van der Waals surface area contributed by atoms with Crippen LogP contribution >= 0.6 is 15.9 Å². The number of halogens is 1. The van der Waals surface area contributed by atoms with Gasteiger partial charge in [0.1, 0.15) is 5.69 Å². The second-order valence-corrected chi connectivity index (χ2v) is 5.73. The number of nitrogens with zero attached hydrogens (tertiary/aromatic N) is 3. The van der Waals surface area contributed by atoms with Crippen molar-refractivity contribution in [2.24, 2.45) is 0 Å². The summed E-state index contributed by atoms with van der Waals surface area (Å²) in [5, 5.41) is 11.2. The summed E-state index contributed by atoms with van der Waals surface area (Å²) >= 11 is 3.18. The number of aromatic nitrogens is 1. The fourth-order valence-corrected chi connectivity index (χ4v) is 2.72. The summed E-state index contributed by atoms with van der Waals surface area (Å²) in [6.07, 6.45) is 1.52. The van der Waals surface area contributed by atoms with Crippen LogP contribution in [0.1, 0.15) is 15.9 Å². The lowest BCUT2D eigenvalue weighted by atomic mass is 10.0. The number of carbonyl (C=O) groups is 1. The molecule has 0 radical (unpaired) electrons. The van der Waals surface area contributed by atoms with Gasteiger partial charge in [-0.3, -0.25) is 14.9 Å². The Labute approximate surface area is 128 Å². The van der Waals surface area contributed by atoms with Gasteiger partial charge in [-0.15, -0.1) is 0 Å². The maximum absolute atomic E-state index is 11.9. The van der Waals surface area contributed by atoms with Gasteiger partial charge >= 0.3 is 0 Å². The molecule has 3 rings (SSSR count). The van der Waals surface area contributed by atoms with Crippen molar-refractivity contribution in [2.75, 3.05) is 7.05 Å². The molecule has 0 fully saturated rings. The third-order valence-corrected chi connectivity index (χ3v) is 3.83. The highest BCUT2D eigenvalue weighted by Crippen LogP contribution is 2.33. The molecule has 21 heavy (non-hydrogen) atoms. The second-order valence-electron chi connectivity index (χ2n) is 4.81. The van der Waals surface area contributed by atoms with Crippen LogP contribution in [0.2, 0.25) is 0 Å². The summed E-state index contributed by atoms with van der Waals surface area (Å²) in [5.41, 5.74) is 2.37. The minimum absolute atomic E-state index is 0.0326. The van der Waals surface area contributed by atoms with E-state index >= 15 is 0 Å². The highest BCUT2D eigenvalue weighted by molar-refractivity contribution is 9.10. The van der Waals surface area contributed by atoms with Crippen LogP contribution in [-0.2, 0) is 6.54 Å². The molecule has 1 aliphatic rings. The highest BCUT2D eigenvalue weighted by Gasteiger charge is 2.26. The summed E-state index contributed by atoms with van der Waals surface area (Å²) in [4.78, 5) is 28.3. The molecule has 0 saturated heterocycles. The molecule has 2 heterocycles. The van der Waals surface area contributed by atoms with Crippen molar-refractivity contribution in [2.45, 2.75) is 6.54 Å². The van der Waals surface area contributed by atoms with Crippen LogP contribution in [0.15, 0.2) is 34.9 Å². The van der Waals surface area contributed by atoms with Crippen LogP contribution < -0.4 is 0 Å². The standard InChI is InChI=1S/C14H10BrN3O3/c1-17-7-9-4-8(2-3-11(9)14(17)19)13-12(18(20)21)5-10(15)6-16-13/h2-6H,7H2,1H3. The predicted molar refractivity (Wildman–Crippen MR) is 79.8 cm³/mol. The average Bonchev–Trinajstić information content (AvgIpc) is 2.73. The zero-order valence-electron chi connectivity index (χ0n) is 11.0. The smallest absolute Gasteiger partial charge is 0.296 e. The molecule has 1 aromatic heterocycles. The van der Waals surface area contributed by atoms with E-state index < -0.39 is 4.92 Å². The summed E-state index contributed by atoms with van der Waals surface area (Å²) < 4.78 is 0.550. The first-order valence-corrected chi connectivity index (χ1v) is 6.95. The molecule has 0 unspecified atom stereocenters. The number of rotatable bonds is 2. The molecular formula is C14H10BrN3O3. The molecule has 0 aliphatic carbocycles. The van der Waals surface area contributed by atoms with Crippen molar-refractivity contribution in [3.05, 3.63) is 56.2 Å². The van der Waals surface area contributed by atoms with Gasteiger partial charge in [0.25, 0.3) is 11.6 Å². The van der Waals surface area contributed by atoms with Crippen LogP contribution in [0, 0.1) is 10.1 Å². The van der Waals surface area contributed by atoms with E-state index in [1.165, 1.54) is 12.3 Å². The van der Waals surface area contributed by atoms with E-state index in [1.807, 2.05) is 0 Å². The number of pyridine rings is 1. The van der Waals surface area contributed by atoms with E-state index in [0.717, 1.165) is 5.56 Å². The normalized spacial score (nSPS) is 13.4. The maximum Gasteiger partial charge on any atom is 0.296 e. The van der Waals surface area contributed by atoms with Crippen LogP contribution in [0.3, 0.4) is 0 Å². The van der Waals surface area contributed by atoms with E-state index in [1.54, 1.807) is 30.1 Å². The molecule has 7 heteroatoms. The lowest BCUT2D eigenvalue weighted by Crippen LogP contribution is -2.17. The lowest BCUT2D eigenvalue weighted by molar-refractivity contribution is -0.384. The van der Waals surface area contributed by atoms with Crippen molar-refractivity contribution in [3.63, 3.8) is 0 Å². The van der Waals surface area contributed by atoms with Gasteiger partial charge in [-0.1, -0.05) is 6.07 Å². The number of benzene rings is 1. The molecule has 1 aliphatic heterocycles. The molecule has 0 atom stereocenters. The van der Waals surface area contributed by atoms with Crippen molar-refractivity contribution in [1.29, 1.82) is 0 Å². The third kappa shape index (κ3) is 2.29. The van der Waals surface area contributed by atoms with Crippen molar-refractivity contribution in [1.82, 2.24) is 9.88 Å². The fourth-order valence-electron chi connectivity index (χ4n) is 2.40. The van der Waals surface area contributed by atoms with Gasteiger partial charge in [0, 0.05) is 41.5 Å². The predicted octanol–water partition coefficient (Wildman–Crippen LogP) is 3.00. The first-order valence-electron chi connectivity index (χ1n) is 6.16. The first-order chi connectivity index (χ1) is 9.97. The zero-order valence-corrected chi connectivity index (χ0v) is 12.6. The SMILES string of the molecule is CN1Cc2cc(-c3ncc(Br)cc3[N+](=O)[O-])ccc2C1=O. The van der Waals surface area contributed by atoms with E-state index in [2.05, 4.69) is 20.9 Å². The summed E-state index contributed by atoms with van der Waals surface area (Å²) in [5.74, 6) is -0.0326. The van der Waals surface area contributed by atoms with Crippen LogP contribution in [-0.4, -0.2) is 27.8 Å². The quantitative estimate of drug-likeness (QED) is 0.618. The van der Waals surface area contributed by atoms with Gasteiger partial charge in [0.15, 0.2) is 0 Å². The summed E-state index contributed by atoms with van der Waals surface area (Å²) in [6.45, 7) is 0.506. The van der Waals surface area contributed by atoms with Gasteiger partial charge in [-0.05, 0) is 33.6 Å². The number of amides is 1. The average molecular weight is 348 g/mol. The Hall–Kier alpha value is -2.28. The van der Waals surface area contributed by atoms with Crippen molar-refractivity contribution >= 4 is 27.5 Å². The highest BCUT2D eigenvalue weighted by atomic mass is 79.9. The topological polar surface area (TPSA) is 76.3 Å². The van der Waals surface area contributed by atoms with Crippen LogP contribution in [0.25, 0.3) is 11.3 Å². The number of fused-ring (bicyclic) bond motifs is 1. The minimum Gasteiger partial charge on any atom is -0.337 e. The lowest BCUT2D eigenvalue weighted by Gasteiger charge is -2.05. The van der Waals surface area contributed by atoms with E-state index in [-0.39, 0.29) is 11.6 Å². The van der Waals surface area contributed by atoms with Crippen molar-refractivity contribution in [3.8, 4) is 11.3 Å². The molecule has 6 nitrogen and oxygen atoms in total. The maximum atomic E-state index is 11.9. The van der Waals surface area contributed by atoms with E-state index in [9.17, 15) is 14.9 Å². The molecule has 0 saturated carbocycles.